The smallest absolute Gasteiger partial charge is 0.307 e. The number of carboxylic acid groups (broad SMARTS) is 1. The first-order valence-corrected chi connectivity index (χ1v) is 6.02. The third-order valence-electron chi connectivity index (χ3n) is 3.26. The van der Waals surface area contributed by atoms with Crippen molar-refractivity contribution in [2.45, 2.75) is 46.1 Å². The van der Waals surface area contributed by atoms with Gasteiger partial charge in [0.15, 0.2) is 0 Å². The van der Waals surface area contributed by atoms with Crippen molar-refractivity contribution in [2.24, 2.45) is 11.8 Å². The Morgan fingerprint density at radius 3 is 2.25 bits per heavy atom. The third-order valence-corrected chi connectivity index (χ3v) is 3.26. The minimum Gasteiger partial charge on any atom is -0.481 e. The van der Waals surface area contributed by atoms with Crippen molar-refractivity contribution in [3.8, 4) is 0 Å². The molecule has 2 unspecified atom stereocenters. The Balaban J connectivity index is 2.62. The van der Waals surface area contributed by atoms with E-state index in [0.29, 0.717) is 6.04 Å². The summed E-state index contributed by atoms with van der Waals surface area (Å²) in [5.41, 5.74) is 0. The van der Waals surface area contributed by atoms with Crippen LogP contribution in [0.1, 0.15) is 40.0 Å². The van der Waals surface area contributed by atoms with Gasteiger partial charge in [-0.25, -0.2) is 0 Å². The molecular formula is C12H21NO3. The van der Waals surface area contributed by atoms with Gasteiger partial charge in [-0.2, -0.15) is 0 Å². The van der Waals surface area contributed by atoms with Crippen molar-refractivity contribution in [3.63, 3.8) is 0 Å². The lowest BCUT2D eigenvalue weighted by molar-refractivity contribution is -0.149. The fraction of sp³-hybridized carbons (Fsp3) is 0.833. The molecule has 4 heteroatoms. The molecule has 16 heavy (non-hydrogen) atoms. The van der Waals surface area contributed by atoms with Gasteiger partial charge in [-0.05, 0) is 19.3 Å². The van der Waals surface area contributed by atoms with E-state index < -0.39 is 17.8 Å². The van der Waals surface area contributed by atoms with Crippen molar-refractivity contribution < 1.29 is 14.7 Å². The van der Waals surface area contributed by atoms with Crippen LogP contribution in [0.5, 0.6) is 0 Å². The predicted molar refractivity (Wildman–Crippen MR) is 61.0 cm³/mol. The molecule has 1 fully saturated rings. The van der Waals surface area contributed by atoms with Crippen LogP contribution in [0, 0.1) is 11.8 Å². The second-order valence-electron chi connectivity index (χ2n) is 4.68. The molecule has 0 spiro atoms. The topological polar surface area (TPSA) is 57.6 Å². The Labute approximate surface area is 96.6 Å². The van der Waals surface area contributed by atoms with Crippen molar-refractivity contribution in [2.75, 3.05) is 6.54 Å². The number of aliphatic carboxylic acids is 1. The average Bonchev–Trinajstić information content (AvgIpc) is 3.06. The summed E-state index contributed by atoms with van der Waals surface area (Å²) in [6, 6.07) is 0.371. The molecule has 1 amide bonds. The highest BCUT2D eigenvalue weighted by atomic mass is 16.4. The van der Waals surface area contributed by atoms with E-state index >= 15 is 0 Å². The van der Waals surface area contributed by atoms with Gasteiger partial charge >= 0.3 is 5.97 Å². The number of amides is 1. The van der Waals surface area contributed by atoms with Crippen LogP contribution in [-0.2, 0) is 9.59 Å². The second kappa shape index (κ2) is 5.32. The van der Waals surface area contributed by atoms with Gasteiger partial charge in [0.05, 0.1) is 5.92 Å². The quantitative estimate of drug-likeness (QED) is 0.752. The van der Waals surface area contributed by atoms with Gasteiger partial charge in [0, 0.05) is 18.5 Å². The summed E-state index contributed by atoms with van der Waals surface area (Å²) in [6.45, 7) is 6.10. The number of hydrogen-bond acceptors (Lipinski definition) is 2. The summed E-state index contributed by atoms with van der Waals surface area (Å²) in [5.74, 6) is -1.93. The van der Waals surface area contributed by atoms with E-state index in [4.69, 9.17) is 5.11 Å². The Bertz CT molecular complexity index is 273. The molecule has 0 aliphatic heterocycles. The van der Waals surface area contributed by atoms with Gasteiger partial charge in [0.25, 0.3) is 0 Å². The highest BCUT2D eigenvalue weighted by molar-refractivity contribution is 5.84. The molecule has 1 N–H and O–H groups in total. The molecule has 1 rings (SSSR count). The minimum atomic E-state index is -0.895. The number of carboxylic acids is 1. The highest BCUT2D eigenvalue weighted by Crippen LogP contribution is 2.29. The normalized spacial score (nSPS) is 18.9. The molecule has 0 radical (unpaired) electrons. The van der Waals surface area contributed by atoms with E-state index in [1.54, 1.807) is 13.8 Å². The fourth-order valence-corrected chi connectivity index (χ4v) is 1.79. The van der Waals surface area contributed by atoms with Gasteiger partial charge in [-0.15, -0.1) is 0 Å². The zero-order chi connectivity index (χ0) is 12.3. The zero-order valence-corrected chi connectivity index (χ0v) is 10.3. The lowest BCUT2D eigenvalue weighted by Gasteiger charge is -2.26. The van der Waals surface area contributed by atoms with Crippen LogP contribution in [0.4, 0.5) is 0 Å². The van der Waals surface area contributed by atoms with E-state index in [1.807, 2.05) is 11.8 Å². The molecule has 2 atom stereocenters. The van der Waals surface area contributed by atoms with E-state index in [0.717, 1.165) is 25.8 Å². The lowest BCUT2D eigenvalue weighted by Crippen LogP contribution is -2.40. The largest absolute Gasteiger partial charge is 0.481 e. The van der Waals surface area contributed by atoms with Crippen LogP contribution < -0.4 is 0 Å². The molecule has 0 aromatic carbocycles. The van der Waals surface area contributed by atoms with E-state index in [9.17, 15) is 9.59 Å². The van der Waals surface area contributed by atoms with Gasteiger partial charge in [-0.1, -0.05) is 20.8 Å². The first-order chi connectivity index (χ1) is 7.49. The molecule has 0 saturated heterocycles. The number of nitrogens with zero attached hydrogens (tertiary/aromatic N) is 1. The Morgan fingerprint density at radius 2 is 1.88 bits per heavy atom. The molecule has 0 heterocycles. The van der Waals surface area contributed by atoms with Crippen LogP contribution in [0.2, 0.25) is 0 Å². The molecule has 0 bridgehead atoms. The van der Waals surface area contributed by atoms with Gasteiger partial charge in [-0.3, -0.25) is 9.59 Å². The lowest BCUT2D eigenvalue weighted by atomic mass is 9.94. The van der Waals surface area contributed by atoms with Crippen LogP contribution in [-0.4, -0.2) is 34.5 Å². The number of rotatable bonds is 6. The zero-order valence-electron chi connectivity index (χ0n) is 10.3. The van der Waals surface area contributed by atoms with Crippen molar-refractivity contribution in [1.29, 1.82) is 0 Å². The maximum atomic E-state index is 12.1. The number of carbonyl (C=O) groups is 2. The van der Waals surface area contributed by atoms with Crippen molar-refractivity contribution >= 4 is 11.9 Å². The summed E-state index contributed by atoms with van der Waals surface area (Å²) in [6.07, 6.45) is 3.07. The Morgan fingerprint density at radius 1 is 1.31 bits per heavy atom. The minimum absolute atomic E-state index is 0.000694. The Kier molecular flexibility index (Phi) is 4.33. The van der Waals surface area contributed by atoms with Gasteiger partial charge < -0.3 is 10.0 Å². The molecule has 4 nitrogen and oxygen atoms in total. The first kappa shape index (κ1) is 13.0. The number of hydrogen-bond donors (Lipinski definition) is 1. The standard InChI is InChI=1S/C12H21NO3/c1-4-7-13(10-5-6-10)11(14)8(2)9(3)12(15)16/h8-10H,4-7H2,1-3H3,(H,15,16). The Hall–Kier alpha value is -1.06. The third kappa shape index (κ3) is 2.97. The average molecular weight is 227 g/mol. The monoisotopic (exact) mass is 227 g/mol. The van der Waals surface area contributed by atoms with E-state index in [2.05, 4.69) is 0 Å². The van der Waals surface area contributed by atoms with Crippen molar-refractivity contribution in [3.05, 3.63) is 0 Å². The molecule has 92 valence electrons. The summed E-state index contributed by atoms with van der Waals surface area (Å²) >= 11 is 0. The maximum absolute atomic E-state index is 12.1. The summed E-state index contributed by atoms with van der Waals surface area (Å²) in [5, 5.41) is 8.90. The molecule has 1 aliphatic carbocycles. The van der Waals surface area contributed by atoms with Gasteiger partial charge in [0.1, 0.15) is 0 Å². The predicted octanol–water partition coefficient (Wildman–Crippen LogP) is 1.74. The second-order valence-corrected chi connectivity index (χ2v) is 4.68. The summed E-state index contributed by atoms with van der Waals surface area (Å²) < 4.78 is 0. The summed E-state index contributed by atoms with van der Waals surface area (Å²) in [4.78, 5) is 24.8. The molecule has 0 aromatic rings. The van der Waals surface area contributed by atoms with Crippen molar-refractivity contribution in [1.82, 2.24) is 4.90 Å². The van der Waals surface area contributed by atoms with Crippen LogP contribution in [0.15, 0.2) is 0 Å². The van der Waals surface area contributed by atoms with Crippen LogP contribution in [0.3, 0.4) is 0 Å². The SMILES string of the molecule is CCCN(C(=O)C(C)C(C)C(=O)O)C1CC1. The molecule has 1 saturated carbocycles. The number of carbonyl (C=O) groups excluding carboxylic acids is 1. The summed E-state index contributed by atoms with van der Waals surface area (Å²) in [7, 11) is 0. The van der Waals surface area contributed by atoms with E-state index in [1.165, 1.54) is 0 Å². The van der Waals surface area contributed by atoms with Crippen LogP contribution >= 0.6 is 0 Å². The fourth-order valence-electron chi connectivity index (χ4n) is 1.79. The van der Waals surface area contributed by atoms with Crippen LogP contribution in [0.25, 0.3) is 0 Å². The van der Waals surface area contributed by atoms with Gasteiger partial charge in [0.2, 0.25) is 5.91 Å². The molecular weight excluding hydrogens is 206 g/mol. The maximum Gasteiger partial charge on any atom is 0.307 e. The first-order valence-electron chi connectivity index (χ1n) is 6.02. The van der Waals surface area contributed by atoms with E-state index in [-0.39, 0.29) is 5.91 Å². The molecule has 1 aliphatic rings. The highest BCUT2D eigenvalue weighted by Gasteiger charge is 2.36. The molecule has 0 aromatic heterocycles.